The molecule has 0 spiro atoms. The van der Waals surface area contributed by atoms with Crippen molar-refractivity contribution in [1.29, 1.82) is 0 Å². The Balaban J connectivity index is 0.00000386. The van der Waals surface area contributed by atoms with Crippen molar-refractivity contribution >= 4 is 11.6 Å². The fraction of sp³-hybridized carbons (Fsp3) is 0.471. The number of aliphatic hydroxyl groups is 2. The second-order valence-electron chi connectivity index (χ2n) is 12.7. The van der Waals surface area contributed by atoms with E-state index < -0.39 is 17.8 Å². The van der Waals surface area contributed by atoms with E-state index in [2.05, 4.69) is 20.6 Å². The van der Waals surface area contributed by atoms with E-state index in [1.165, 1.54) is 12.4 Å². The Morgan fingerprint density at radius 1 is 1.13 bits per heavy atom. The average molecular weight is 670 g/mol. The fourth-order valence-electron chi connectivity index (χ4n) is 6.94. The van der Waals surface area contributed by atoms with Gasteiger partial charge < -0.3 is 14.9 Å². The van der Waals surface area contributed by atoms with Crippen LogP contribution in [0.1, 0.15) is 86.7 Å². The van der Waals surface area contributed by atoms with Gasteiger partial charge in [-0.2, -0.15) is 10.1 Å². The number of aliphatic imine (C=N–C) groups is 1. The molecule has 0 radical (unpaired) electrons. The van der Waals surface area contributed by atoms with E-state index in [-0.39, 0.29) is 75.5 Å². The van der Waals surface area contributed by atoms with E-state index in [0.29, 0.717) is 46.9 Å². The average Bonchev–Trinajstić information content (AvgIpc) is 3.71. The van der Waals surface area contributed by atoms with Crippen molar-refractivity contribution < 1.29 is 75.6 Å². The zero-order chi connectivity index (χ0) is 31.8. The van der Waals surface area contributed by atoms with Crippen LogP contribution >= 0.6 is 0 Å². The van der Waals surface area contributed by atoms with E-state index in [4.69, 9.17) is 9.57 Å². The minimum Gasteiger partial charge on any atom is -0.387 e. The Kier molecular flexibility index (Phi) is 10.8. The molecule has 242 valence electrons. The molecule has 1 atom stereocenters. The number of amidine groups is 1. The molecule has 13 heteroatoms. The third kappa shape index (κ3) is 7.05. The number of hydrogen-bond donors (Lipinski definition) is 3. The Bertz CT molecular complexity index is 1830. The molecular weight excluding hydrogens is 631 g/mol. The van der Waals surface area contributed by atoms with Gasteiger partial charge in [-0.3, -0.25) is 9.36 Å². The Morgan fingerprint density at radius 3 is 2.55 bits per heavy atom. The van der Waals surface area contributed by atoms with Gasteiger partial charge in [-0.1, -0.05) is 49.7 Å². The van der Waals surface area contributed by atoms with Gasteiger partial charge in [-0.15, -0.1) is 0 Å². The summed E-state index contributed by atoms with van der Waals surface area (Å²) in [6, 6.07) is 12.3. The number of benzene rings is 2. The number of aliphatic hydroxyl groups excluding tert-OH is 1. The summed E-state index contributed by atoms with van der Waals surface area (Å²) in [7, 11) is 0. The summed E-state index contributed by atoms with van der Waals surface area (Å²) in [6.45, 7) is 2.41. The van der Waals surface area contributed by atoms with Crippen molar-refractivity contribution in [3.63, 3.8) is 0 Å². The molecule has 1 unspecified atom stereocenters. The number of aryl methyl sites for hydroxylation is 1. The van der Waals surface area contributed by atoms with Gasteiger partial charge in [-0.05, 0) is 74.1 Å². The Morgan fingerprint density at radius 2 is 1.89 bits per heavy atom. The first-order valence-electron chi connectivity index (χ1n) is 16.2. The zero-order valence-corrected chi connectivity index (χ0v) is 30.0. The molecule has 2 fully saturated rings. The molecule has 2 aromatic carbocycles. The maximum absolute atomic E-state index is 15.9. The number of ether oxygens (including phenoxy) is 1. The van der Waals surface area contributed by atoms with Gasteiger partial charge in [-0.25, -0.2) is 24.2 Å². The van der Waals surface area contributed by atoms with Gasteiger partial charge in [0.25, 0.3) is 12.0 Å². The maximum Gasteiger partial charge on any atom is 1.00 e. The monoisotopic (exact) mass is 669 g/mol. The number of hydroxylamine groups is 1. The van der Waals surface area contributed by atoms with Crippen molar-refractivity contribution in [1.82, 2.24) is 24.6 Å². The summed E-state index contributed by atoms with van der Waals surface area (Å²) >= 11 is 0. The van der Waals surface area contributed by atoms with Crippen LogP contribution in [0.3, 0.4) is 0 Å². The molecular formula is C34H39FKN6O5+. The number of rotatable bonds is 10. The Labute approximate surface area is 314 Å². The summed E-state index contributed by atoms with van der Waals surface area (Å²) in [5, 5.41) is 24.6. The van der Waals surface area contributed by atoms with Gasteiger partial charge in [0.1, 0.15) is 12.1 Å². The van der Waals surface area contributed by atoms with Crippen molar-refractivity contribution in [2.24, 2.45) is 4.99 Å². The molecule has 1 aliphatic heterocycles. The summed E-state index contributed by atoms with van der Waals surface area (Å²) in [5.41, 5.74) is 5.47. The van der Waals surface area contributed by atoms with Gasteiger partial charge in [0.05, 0.1) is 24.0 Å². The second kappa shape index (κ2) is 14.6. The molecule has 0 amide bonds. The number of nitrogens with zero attached hydrogens (tertiary/aromatic N) is 5. The number of aromatic nitrogens is 4. The molecule has 47 heavy (non-hydrogen) atoms. The fourth-order valence-corrected chi connectivity index (χ4v) is 6.94. The molecule has 3 N–H and O–H groups in total. The molecule has 2 saturated carbocycles. The molecule has 2 aliphatic carbocycles. The first-order valence-corrected chi connectivity index (χ1v) is 16.2. The first kappa shape index (κ1) is 34.5. The van der Waals surface area contributed by atoms with Crippen molar-refractivity contribution in [2.75, 3.05) is 6.61 Å². The van der Waals surface area contributed by atoms with Crippen LogP contribution in [-0.4, -0.2) is 59.9 Å². The van der Waals surface area contributed by atoms with Gasteiger partial charge in [0.15, 0.2) is 5.84 Å². The largest absolute Gasteiger partial charge is 1.00 e. The standard InChI is InChI=1S/C34H39FN6O5.K/c1-2-6-29-27(17-22-10-9-21(18-28(22)35)25-7-3-4-8-26(25)30-38-33(43)46-39-30)31(42)40(32-36-20-37-41(29)32)23-11-13-24(14-12-23)45-19-34(44)15-5-16-34;/h3-4,7-10,18,20,23-24,33,43-44H,2,5-6,11-17,19H2,1H3,(H,38,39);/q;+1. The van der Waals surface area contributed by atoms with Gasteiger partial charge in [0.2, 0.25) is 5.78 Å². The zero-order valence-electron chi connectivity index (χ0n) is 26.9. The van der Waals surface area contributed by atoms with E-state index in [0.717, 1.165) is 62.6 Å². The van der Waals surface area contributed by atoms with E-state index in [9.17, 15) is 15.0 Å². The van der Waals surface area contributed by atoms with Crippen LogP contribution < -0.4 is 62.4 Å². The minimum atomic E-state index is -1.31. The molecule has 11 nitrogen and oxygen atoms in total. The van der Waals surface area contributed by atoms with Crippen LogP contribution in [-0.2, 0) is 22.4 Å². The number of fused-ring (bicyclic) bond motifs is 1. The van der Waals surface area contributed by atoms with E-state index >= 15 is 4.39 Å². The second-order valence-corrected chi connectivity index (χ2v) is 12.7. The van der Waals surface area contributed by atoms with Crippen molar-refractivity contribution in [3.05, 3.63) is 87.3 Å². The molecule has 4 aromatic rings. The summed E-state index contributed by atoms with van der Waals surface area (Å²) in [4.78, 5) is 27.8. The normalized spacial score (nSPS) is 22.0. The van der Waals surface area contributed by atoms with Crippen LogP contribution in [0.4, 0.5) is 4.39 Å². The predicted molar refractivity (Wildman–Crippen MR) is 169 cm³/mol. The molecule has 2 aromatic heterocycles. The van der Waals surface area contributed by atoms with Gasteiger partial charge in [0, 0.05) is 23.6 Å². The number of nitrogens with one attached hydrogen (secondary N) is 1. The van der Waals surface area contributed by atoms with Crippen LogP contribution in [0.5, 0.6) is 0 Å². The Hall–Kier alpha value is -2.33. The summed E-state index contributed by atoms with van der Waals surface area (Å²) in [5.74, 6) is 0.438. The number of halogens is 1. The van der Waals surface area contributed by atoms with Crippen molar-refractivity contribution in [2.45, 2.75) is 95.3 Å². The van der Waals surface area contributed by atoms with Crippen LogP contribution in [0.25, 0.3) is 16.9 Å². The third-order valence-electron chi connectivity index (χ3n) is 9.61. The summed E-state index contributed by atoms with van der Waals surface area (Å²) < 4.78 is 25.5. The van der Waals surface area contributed by atoms with E-state index in [1.54, 1.807) is 15.1 Å². The molecule has 0 bridgehead atoms. The maximum atomic E-state index is 15.9. The van der Waals surface area contributed by atoms with Crippen LogP contribution in [0.15, 0.2) is 58.6 Å². The molecule has 3 aliphatic rings. The van der Waals surface area contributed by atoms with Crippen molar-refractivity contribution in [3.8, 4) is 11.1 Å². The smallest absolute Gasteiger partial charge is 0.387 e. The minimum absolute atomic E-state index is 0. The topological polar surface area (TPSA) is 136 Å². The van der Waals surface area contributed by atoms with Crippen LogP contribution in [0.2, 0.25) is 0 Å². The van der Waals surface area contributed by atoms with E-state index in [1.807, 2.05) is 37.3 Å². The molecule has 7 rings (SSSR count). The SMILES string of the molecule is CCCc1c(Cc2ccc(-c3ccccc3C3=NC(O)ON3)cc2F)c(=O)n(C2CCC(OCC3(O)CCC3)CC2)c2ncnn12.[K+]. The number of hydrogen-bond acceptors (Lipinski definition) is 9. The third-order valence-corrected chi connectivity index (χ3v) is 9.61. The molecule has 0 saturated heterocycles. The quantitative estimate of drug-likeness (QED) is 0.215. The molecule has 3 heterocycles. The first-order chi connectivity index (χ1) is 22.3. The van der Waals surface area contributed by atoms with Gasteiger partial charge >= 0.3 is 51.4 Å². The summed E-state index contributed by atoms with van der Waals surface area (Å²) in [6.07, 6.45) is 7.39. The van der Waals surface area contributed by atoms with Crippen LogP contribution in [0, 0.1) is 5.82 Å². The predicted octanol–water partition coefficient (Wildman–Crippen LogP) is 1.22.